The largest absolute Gasteiger partial charge is 0.454 e. The summed E-state index contributed by atoms with van der Waals surface area (Å²) in [5, 5.41) is 3.84. The van der Waals surface area contributed by atoms with Crippen LogP contribution in [0.25, 0.3) is 6.08 Å². The van der Waals surface area contributed by atoms with Gasteiger partial charge in [0.2, 0.25) is 16.8 Å². The number of rotatable bonds is 6. The fraction of sp³-hybridized carbons (Fsp3) is 0.550. The first-order valence-corrected chi connectivity index (χ1v) is 11.3. The van der Waals surface area contributed by atoms with Crippen LogP contribution in [0.4, 0.5) is 4.79 Å². The number of hydrogen-bond donors (Lipinski definition) is 2. The van der Waals surface area contributed by atoms with Gasteiger partial charge < -0.3 is 19.5 Å². The fourth-order valence-electron chi connectivity index (χ4n) is 3.27. The highest BCUT2D eigenvalue weighted by Gasteiger charge is 2.21. The lowest BCUT2D eigenvalue weighted by atomic mass is 10.1. The van der Waals surface area contributed by atoms with Crippen LogP contribution in [0.5, 0.6) is 11.5 Å². The number of ether oxygens (including phenoxy) is 3. The van der Waals surface area contributed by atoms with Crippen molar-refractivity contribution < 1.29 is 27.4 Å². The standard InChI is InChI=1S/C20H28N2O6S/c1-20(2,3)28-19(23)21-12-15-11-18-17(26-13-27-18)10-14(15)8-9-29(24,25)22-16-6-4-5-7-16/h8-11,16,22H,4-7,12-13H2,1-3H3,(H,21,23)/b9-8+. The van der Waals surface area contributed by atoms with Crippen LogP contribution in [-0.2, 0) is 21.3 Å². The Morgan fingerprint density at radius 3 is 2.52 bits per heavy atom. The van der Waals surface area contributed by atoms with E-state index < -0.39 is 21.7 Å². The van der Waals surface area contributed by atoms with Crippen LogP contribution in [0.3, 0.4) is 0 Å². The molecule has 8 nitrogen and oxygen atoms in total. The summed E-state index contributed by atoms with van der Waals surface area (Å²) < 4.78 is 43.5. The Labute approximate surface area is 171 Å². The van der Waals surface area contributed by atoms with Gasteiger partial charge in [-0.15, -0.1) is 0 Å². The van der Waals surface area contributed by atoms with Crippen molar-refractivity contribution >= 4 is 22.2 Å². The minimum atomic E-state index is -3.56. The number of carbonyl (C=O) groups is 1. The number of benzene rings is 1. The van der Waals surface area contributed by atoms with Gasteiger partial charge >= 0.3 is 6.09 Å². The van der Waals surface area contributed by atoms with Crippen molar-refractivity contribution in [3.05, 3.63) is 28.7 Å². The summed E-state index contributed by atoms with van der Waals surface area (Å²) in [4.78, 5) is 12.0. The van der Waals surface area contributed by atoms with E-state index in [4.69, 9.17) is 14.2 Å². The van der Waals surface area contributed by atoms with Crippen molar-refractivity contribution in [1.29, 1.82) is 0 Å². The second-order valence-corrected chi connectivity index (χ2v) is 9.80. The van der Waals surface area contributed by atoms with Crippen LogP contribution < -0.4 is 19.5 Å². The molecule has 0 spiro atoms. The molecule has 0 saturated heterocycles. The van der Waals surface area contributed by atoms with E-state index in [1.807, 2.05) is 0 Å². The van der Waals surface area contributed by atoms with E-state index in [0.717, 1.165) is 31.1 Å². The van der Waals surface area contributed by atoms with Crippen LogP contribution >= 0.6 is 0 Å². The first-order valence-electron chi connectivity index (χ1n) is 9.71. The van der Waals surface area contributed by atoms with E-state index in [0.29, 0.717) is 22.6 Å². The average molecular weight is 425 g/mol. The Bertz CT molecular complexity index is 883. The molecule has 1 aromatic rings. The van der Waals surface area contributed by atoms with E-state index in [1.165, 1.54) is 6.08 Å². The number of carbonyl (C=O) groups excluding carboxylic acids is 1. The maximum atomic E-state index is 12.4. The lowest BCUT2D eigenvalue weighted by Gasteiger charge is -2.20. The topological polar surface area (TPSA) is 103 Å². The molecule has 9 heteroatoms. The van der Waals surface area contributed by atoms with Gasteiger partial charge in [0.1, 0.15) is 5.60 Å². The molecule has 1 heterocycles. The molecular weight excluding hydrogens is 396 g/mol. The summed E-state index contributed by atoms with van der Waals surface area (Å²) in [6.45, 7) is 5.60. The molecule has 0 aromatic heterocycles. The molecule has 3 rings (SSSR count). The predicted molar refractivity (Wildman–Crippen MR) is 109 cm³/mol. The Hall–Kier alpha value is -2.26. The van der Waals surface area contributed by atoms with Gasteiger partial charge in [-0.1, -0.05) is 12.8 Å². The van der Waals surface area contributed by atoms with Gasteiger partial charge in [-0.25, -0.2) is 17.9 Å². The first-order chi connectivity index (χ1) is 13.6. The summed E-state index contributed by atoms with van der Waals surface area (Å²) in [6.07, 6.45) is 4.76. The monoisotopic (exact) mass is 424 g/mol. The van der Waals surface area contributed by atoms with E-state index in [1.54, 1.807) is 32.9 Å². The number of fused-ring (bicyclic) bond motifs is 1. The van der Waals surface area contributed by atoms with E-state index >= 15 is 0 Å². The van der Waals surface area contributed by atoms with Crippen LogP contribution in [-0.4, -0.2) is 32.9 Å². The van der Waals surface area contributed by atoms with Crippen LogP contribution in [0.2, 0.25) is 0 Å². The highest BCUT2D eigenvalue weighted by atomic mass is 32.2. The fourth-order valence-corrected chi connectivity index (χ4v) is 4.37. The summed E-state index contributed by atoms with van der Waals surface area (Å²) in [5.74, 6) is 1.09. The molecule has 0 atom stereocenters. The minimum absolute atomic E-state index is 0.00490. The van der Waals surface area contributed by atoms with E-state index in [9.17, 15) is 13.2 Å². The summed E-state index contributed by atoms with van der Waals surface area (Å²) in [7, 11) is -3.56. The van der Waals surface area contributed by atoms with Crippen LogP contribution in [0.15, 0.2) is 17.5 Å². The van der Waals surface area contributed by atoms with Gasteiger partial charge in [-0.2, -0.15) is 0 Å². The van der Waals surface area contributed by atoms with Crippen molar-refractivity contribution in [2.45, 2.75) is 64.6 Å². The van der Waals surface area contributed by atoms with Gasteiger partial charge in [-0.05, 0) is 62.9 Å². The van der Waals surface area contributed by atoms with E-state index in [-0.39, 0.29) is 19.4 Å². The zero-order chi connectivity index (χ0) is 21.1. The smallest absolute Gasteiger partial charge is 0.407 e. The molecule has 0 unspecified atom stereocenters. The molecule has 1 aliphatic carbocycles. The van der Waals surface area contributed by atoms with Crippen molar-refractivity contribution in [2.24, 2.45) is 0 Å². The van der Waals surface area contributed by atoms with Crippen molar-refractivity contribution in [2.75, 3.05) is 6.79 Å². The minimum Gasteiger partial charge on any atom is -0.454 e. The molecule has 1 saturated carbocycles. The highest BCUT2D eigenvalue weighted by molar-refractivity contribution is 7.92. The Morgan fingerprint density at radius 1 is 1.21 bits per heavy atom. The molecule has 2 N–H and O–H groups in total. The second kappa shape index (κ2) is 8.62. The lowest BCUT2D eigenvalue weighted by Crippen LogP contribution is -2.32. The number of sulfonamides is 1. The maximum Gasteiger partial charge on any atom is 0.407 e. The quantitative estimate of drug-likeness (QED) is 0.727. The predicted octanol–water partition coefficient (Wildman–Crippen LogP) is 3.27. The van der Waals surface area contributed by atoms with Crippen molar-refractivity contribution in [3.8, 4) is 11.5 Å². The molecule has 1 amide bonds. The Kier molecular flexibility index (Phi) is 6.38. The number of hydrogen-bond acceptors (Lipinski definition) is 6. The molecular formula is C20H28N2O6S. The molecule has 160 valence electrons. The highest BCUT2D eigenvalue weighted by Crippen LogP contribution is 2.35. The Morgan fingerprint density at radius 2 is 1.86 bits per heavy atom. The SMILES string of the molecule is CC(C)(C)OC(=O)NCc1cc2c(cc1/C=C/S(=O)(=O)NC1CCCC1)OCO2. The molecule has 1 fully saturated rings. The zero-order valence-electron chi connectivity index (χ0n) is 17.0. The van der Waals surface area contributed by atoms with Crippen LogP contribution in [0, 0.1) is 0 Å². The van der Waals surface area contributed by atoms with E-state index in [2.05, 4.69) is 10.0 Å². The zero-order valence-corrected chi connectivity index (χ0v) is 17.8. The third kappa shape index (κ3) is 6.37. The van der Waals surface area contributed by atoms with Gasteiger partial charge in [0, 0.05) is 18.0 Å². The molecule has 0 bridgehead atoms. The molecule has 0 radical (unpaired) electrons. The normalized spacial score (nSPS) is 17.1. The van der Waals surface area contributed by atoms with Gasteiger partial charge in [-0.3, -0.25) is 0 Å². The molecule has 29 heavy (non-hydrogen) atoms. The number of nitrogens with one attached hydrogen (secondary N) is 2. The Balaban J connectivity index is 1.75. The average Bonchev–Trinajstić information content (AvgIpc) is 3.26. The molecule has 2 aliphatic rings. The summed E-state index contributed by atoms with van der Waals surface area (Å²) in [6, 6.07) is 3.43. The van der Waals surface area contributed by atoms with Gasteiger partial charge in [0.25, 0.3) is 0 Å². The second-order valence-electron chi connectivity index (χ2n) is 8.21. The van der Waals surface area contributed by atoms with Gasteiger partial charge in [0.05, 0.1) is 0 Å². The van der Waals surface area contributed by atoms with Gasteiger partial charge in [0.15, 0.2) is 11.5 Å². The molecule has 1 aromatic carbocycles. The lowest BCUT2D eigenvalue weighted by molar-refractivity contribution is 0.0523. The van der Waals surface area contributed by atoms with Crippen molar-refractivity contribution in [1.82, 2.24) is 10.0 Å². The number of alkyl carbamates (subject to hydrolysis) is 1. The van der Waals surface area contributed by atoms with Crippen LogP contribution in [0.1, 0.15) is 57.6 Å². The summed E-state index contributed by atoms with van der Waals surface area (Å²) >= 11 is 0. The maximum absolute atomic E-state index is 12.4. The third-order valence-electron chi connectivity index (χ3n) is 4.57. The van der Waals surface area contributed by atoms with Crippen molar-refractivity contribution in [3.63, 3.8) is 0 Å². The third-order valence-corrected chi connectivity index (χ3v) is 5.73. The summed E-state index contributed by atoms with van der Waals surface area (Å²) in [5.41, 5.74) is 0.691. The number of amides is 1. The first kappa shape index (κ1) is 21.4. The molecule has 1 aliphatic heterocycles.